The van der Waals surface area contributed by atoms with Crippen molar-refractivity contribution in [3.8, 4) is 42.3 Å². The summed E-state index contributed by atoms with van der Waals surface area (Å²) in [5.74, 6) is 0. The van der Waals surface area contributed by atoms with E-state index in [2.05, 4.69) is 91.4 Å². The van der Waals surface area contributed by atoms with Gasteiger partial charge in [-0.15, -0.1) is 22.7 Å². The Balaban J connectivity index is 1.41. The van der Waals surface area contributed by atoms with Gasteiger partial charge in [0.05, 0.1) is 42.3 Å². The molecule has 0 atom stereocenters. The molecule has 0 saturated heterocycles. The average Bonchev–Trinajstić information content (AvgIpc) is 3.66. The number of thiophene rings is 2. The van der Waals surface area contributed by atoms with E-state index < -0.39 is 0 Å². The number of hydrogen-bond acceptors (Lipinski definition) is 2. The van der Waals surface area contributed by atoms with Gasteiger partial charge in [-0.05, 0) is 84.3 Å². The molecule has 3 N–H and O–H groups in total. The highest BCUT2D eigenvalue weighted by Crippen LogP contribution is 2.39. The number of aromatic nitrogens is 3. The SMILES string of the molecule is CCc1c[nH]c(-c2ccc(-c3ccc(-c4ccc(-c5[nH]cc(CC)c5CC)s4)[nH]3)s2)c1CC. The molecule has 5 aromatic heterocycles. The molecule has 0 bridgehead atoms. The normalized spacial score (nSPS) is 11.5. The smallest absolute Gasteiger partial charge is 0.0590 e. The second-order valence-corrected chi connectivity index (χ2v) is 10.5. The van der Waals surface area contributed by atoms with E-state index in [1.165, 1.54) is 64.5 Å². The predicted molar refractivity (Wildman–Crippen MR) is 145 cm³/mol. The maximum absolute atomic E-state index is 3.67. The molecule has 3 nitrogen and oxygen atoms in total. The Labute approximate surface area is 203 Å². The summed E-state index contributed by atoms with van der Waals surface area (Å²) in [5, 5.41) is 0. The van der Waals surface area contributed by atoms with Crippen LogP contribution in [0.5, 0.6) is 0 Å². The third kappa shape index (κ3) is 3.94. The van der Waals surface area contributed by atoms with Crippen LogP contribution < -0.4 is 0 Å². The van der Waals surface area contributed by atoms with E-state index in [-0.39, 0.29) is 0 Å². The van der Waals surface area contributed by atoms with Crippen LogP contribution >= 0.6 is 22.7 Å². The lowest BCUT2D eigenvalue weighted by atomic mass is 10.1. The Morgan fingerprint density at radius 3 is 1.36 bits per heavy atom. The monoisotopic (exact) mass is 473 g/mol. The number of aromatic amines is 3. The highest BCUT2D eigenvalue weighted by molar-refractivity contribution is 7.19. The lowest BCUT2D eigenvalue weighted by molar-refractivity contribution is 1.06. The molecule has 5 heterocycles. The van der Waals surface area contributed by atoms with Crippen LogP contribution in [0.4, 0.5) is 0 Å². The Kier molecular flexibility index (Phi) is 6.17. The summed E-state index contributed by atoms with van der Waals surface area (Å²) in [5.41, 5.74) is 10.7. The highest BCUT2D eigenvalue weighted by Gasteiger charge is 2.16. The summed E-state index contributed by atoms with van der Waals surface area (Å²) in [6.07, 6.45) is 8.61. The lowest BCUT2D eigenvalue weighted by Crippen LogP contribution is -1.86. The molecule has 170 valence electrons. The number of hydrogen-bond donors (Lipinski definition) is 3. The van der Waals surface area contributed by atoms with Gasteiger partial charge in [-0.1, -0.05) is 27.7 Å². The summed E-state index contributed by atoms with van der Waals surface area (Å²) >= 11 is 3.70. The molecule has 0 aliphatic rings. The van der Waals surface area contributed by atoms with Gasteiger partial charge in [0, 0.05) is 12.4 Å². The second-order valence-electron chi connectivity index (χ2n) is 8.36. The molecule has 5 heteroatoms. The van der Waals surface area contributed by atoms with Gasteiger partial charge < -0.3 is 15.0 Å². The maximum atomic E-state index is 3.67. The second kappa shape index (κ2) is 9.24. The molecule has 0 radical (unpaired) electrons. The first-order valence-electron chi connectivity index (χ1n) is 11.9. The fourth-order valence-electron chi connectivity index (χ4n) is 4.78. The van der Waals surface area contributed by atoms with Crippen LogP contribution in [-0.2, 0) is 25.7 Å². The van der Waals surface area contributed by atoms with Gasteiger partial charge in [-0.3, -0.25) is 0 Å². The first-order valence-corrected chi connectivity index (χ1v) is 13.6. The van der Waals surface area contributed by atoms with E-state index in [0.717, 1.165) is 25.7 Å². The van der Waals surface area contributed by atoms with Crippen LogP contribution in [0.25, 0.3) is 42.3 Å². The van der Waals surface area contributed by atoms with Gasteiger partial charge in [-0.2, -0.15) is 0 Å². The molecule has 0 unspecified atom stereocenters. The van der Waals surface area contributed by atoms with Crippen LogP contribution in [0.15, 0.2) is 48.8 Å². The molecule has 0 fully saturated rings. The molecule has 0 amide bonds. The van der Waals surface area contributed by atoms with Crippen molar-refractivity contribution in [3.63, 3.8) is 0 Å². The molecule has 0 saturated carbocycles. The minimum atomic E-state index is 1.06. The van der Waals surface area contributed by atoms with Crippen LogP contribution in [-0.4, -0.2) is 15.0 Å². The molecule has 0 aromatic carbocycles. The van der Waals surface area contributed by atoms with Crippen LogP contribution in [0, 0.1) is 0 Å². The maximum Gasteiger partial charge on any atom is 0.0590 e. The Hall–Kier alpha value is -2.76. The van der Waals surface area contributed by atoms with E-state index in [9.17, 15) is 0 Å². The molecular formula is C28H31N3S2. The summed E-state index contributed by atoms with van der Waals surface area (Å²) in [4.78, 5) is 15.9. The van der Waals surface area contributed by atoms with Crippen molar-refractivity contribution >= 4 is 22.7 Å². The van der Waals surface area contributed by atoms with Crippen LogP contribution in [0.2, 0.25) is 0 Å². The standard InChI is InChI=1S/C28H31N3S2/c1-5-17-15-29-27(19(17)7-3)25-13-11-23(32-25)21-9-10-22(31-21)24-12-14-26(33-24)28-20(8-4)18(6-2)16-30-28/h9-16,29-31H,5-8H2,1-4H3. The molecule has 0 aliphatic heterocycles. The van der Waals surface area contributed by atoms with Crippen LogP contribution in [0.1, 0.15) is 49.9 Å². The first kappa shape index (κ1) is 22.1. The number of rotatable bonds is 8. The zero-order valence-corrected chi connectivity index (χ0v) is 21.4. The number of H-pyrrole nitrogens is 3. The predicted octanol–water partition coefficient (Wildman–Crippen LogP) is 8.71. The first-order chi connectivity index (χ1) is 16.2. The molecule has 0 spiro atoms. The largest absolute Gasteiger partial charge is 0.360 e. The van der Waals surface area contributed by atoms with Crippen LogP contribution in [0.3, 0.4) is 0 Å². The van der Waals surface area contributed by atoms with Gasteiger partial charge in [0.2, 0.25) is 0 Å². The molecule has 5 rings (SSSR count). The molecule has 0 aliphatic carbocycles. The van der Waals surface area contributed by atoms with Gasteiger partial charge >= 0.3 is 0 Å². The fourth-order valence-corrected chi connectivity index (χ4v) is 6.83. The zero-order valence-electron chi connectivity index (χ0n) is 19.8. The van der Waals surface area contributed by atoms with E-state index in [1.807, 2.05) is 22.7 Å². The van der Waals surface area contributed by atoms with Gasteiger partial charge in [0.1, 0.15) is 0 Å². The highest BCUT2D eigenvalue weighted by atomic mass is 32.1. The third-order valence-corrected chi connectivity index (χ3v) is 8.82. The minimum absolute atomic E-state index is 1.06. The summed E-state index contributed by atoms with van der Waals surface area (Å²) < 4.78 is 0. The zero-order chi connectivity index (χ0) is 22.9. The Morgan fingerprint density at radius 1 is 0.545 bits per heavy atom. The van der Waals surface area contributed by atoms with Crippen molar-refractivity contribution in [1.29, 1.82) is 0 Å². The topological polar surface area (TPSA) is 47.4 Å². The van der Waals surface area contributed by atoms with Gasteiger partial charge in [0.25, 0.3) is 0 Å². The van der Waals surface area contributed by atoms with Crippen molar-refractivity contribution in [3.05, 3.63) is 71.0 Å². The molecule has 33 heavy (non-hydrogen) atoms. The quantitative estimate of drug-likeness (QED) is 0.202. The van der Waals surface area contributed by atoms with E-state index in [4.69, 9.17) is 0 Å². The summed E-state index contributed by atoms with van der Waals surface area (Å²) in [6.45, 7) is 8.94. The Morgan fingerprint density at radius 2 is 0.970 bits per heavy atom. The number of aryl methyl sites for hydroxylation is 2. The van der Waals surface area contributed by atoms with Crippen molar-refractivity contribution in [2.45, 2.75) is 53.4 Å². The van der Waals surface area contributed by atoms with Crippen molar-refractivity contribution in [2.75, 3.05) is 0 Å². The molecular weight excluding hydrogens is 442 g/mol. The average molecular weight is 474 g/mol. The minimum Gasteiger partial charge on any atom is -0.360 e. The van der Waals surface area contributed by atoms with E-state index in [0.29, 0.717) is 0 Å². The third-order valence-electron chi connectivity index (χ3n) is 6.55. The molecule has 5 aromatic rings. The number of nitrogens with one attached hydrogen (secondary N) is 3. The lowest BCUT2D eigenvalue weighted by Gasteiger charge is -2.01. The van der Waals surface area contributed by atoms with Gasteiger partial charge in [0.15, 0.2) is 0 Å². The van der Waals surface area contributed by atoms with E-state index >= 15 is 0 Å². The fraction of sp³-hybridized carbons (Fsp3) is 0.286. The van der Waals surface area contributed by atoms with Crippen molar-refractivity contribution < 1.29 is 0 Å². The summed E-state index contributed by atoms with van der Waals surface area (Å²) in [6, 6.07) is 13.4. The van der Waals surface area contributed by atoms with Crippen molar-refractivity contribution in [2.24, 2.45) is 0 Å². The summed E-state index contributed by atoms with van der Waals surface area (Å²) in [7, 11) is 0. The van der Waals surface area contributed by atoms with Gasteiger partial charge in [-0.25, -0.2) is 0 Å². The Bertz CT molecular complexity index is 1270. The van der Waals surface area contributed by atoms with E-state index in [1.54, 1.807) is 0 Å². The van der Waals surface area contributed by atoms with Crippen molar-refractivity contribution in [1.82, 2.24) is 15.0 Å².